The van der Waals surface area contributed by atoms with Crippen LogP contribution in [0.25, 0.3) is 94.4 Å². The lowest BCUT2D eigenvalue weighted by Gasteiger charge is -2.32. The van der Waals surface area contributed by atoms with Gasteiger partial charge in [-0.15, -0.1) is 0 Å². The average Bonchev–Trinajstić information content (AvgIpc) is 4.05. The van der Waals surface area contributed by atoms with Gasteiger partial charge in [0.15, 0.2) is 0 Å². The van der Waals surface area contributed by atoms with Gasteiger partial charge in [-0.05, 0) is 153 Å². The molecule has 0 heterocycles. The molecule has 1 nitrogen and oxygen atoms in total. The predicted octanol–water partition coefficient (Wildman–Crippen LogP) is 19.8. The van der Waals surface area contributed by atoms with Crippen molar-refractivity contribution in [2.24, 2.45) is 0 Å². The standard InChI is InChI=1S/C74H51N/c1-4-47-20-8-9-23-54(47)50-36-41-59-56-25-15-18-32-66(56)74(69(59)44-50)67-33-19-16-26-57(67)60-42-37-51(45-70(60)74)71-61-27-10-12-29-63(61)72(64-30-13-11-28-62(64)71)75(52-38-34-49(35-39-52)48-21-6-5-7-22-48)53-40-43-58-55-24-14-17-31-65(55)73(2,3)68(58)46-53/h4-46H,1H2,2-3H3. The van der Waals surface area contributed by atoms with Gasteiger partial charge in [0.2, 0.25) is 0 Å². The molecule has 0 amide bonds. The molecule has 1 atom stereocenters. The molecular formula is C74H51N. The fourth-order valence-corrected chi connectivity index (χ4v) is 13.7. The van der Waals surface area contributed by atoms with E-state index in [0.717, 1.165) is 16.9 Å². The molecule has 3 aliphatic rings. The predicted molar refractivity (Wildman–Crippen MR) is 316 cm³/mol. The van der Waals surface area contributed by atoms with E-state index >= 15 is 0 Å². The molecule has 1 unspecified atom stereocenters. The Morgan fingerprint density at radius 3 is 1.37 bits per heavy atom. The van der Waals surface area contributed by atoms with E-state index in [1.54, 1.807) is 0 Å². The monoisotopic (exact) mass is 953 g/mol. The van der Waals surface area contributed by atoms with Crippen LogP contribution < -0.4 is 4.90 Å². The first-order chi connectivity index (χ1) is 36.9. The Hall–Kier alpha value is -9.30. The molecule has 1 spiro atoms. The normalized spacial score (nSPS) is 15.0. The van der Waals surface area contributed by atoms with Crippen LogP contribution >= 0.6 is 0 Å². The highest BCUT2D eigenvalue weighted by molar-refractivity contribution is 6.22. The summed E-state index contributed by atoms with van der Waals surface area (Å²) in [4.78, 5) is 2.53. The number of hydrogen-bond acceptors (Lipinski definition) is 1. The molecule has 0 saturated carbocycles. The van der Waals surface area contributed by atoms with Crippen molar-refractivity contribution in [2.45, 2.75) is 24.7 Å². The van der Waals surface area contributed by atoms with Crippen molar-refractivity contribution >= 4 is 44.7 Å². The van der Waals surface area contributed by atoms with E-state index in [0.29, 0.717) is 0 Å². The van der Waals surface area contributed by atoms with Gasteiger partial charge >= 0.3 is 0 Å². The SMILES string of the molecule is C=Cc1ccccc1-c1ccc2c(c1)C1(c3ccccc3-2)c2ccccc2-c2ccc(-c3c4ccccc4c(N(c4ccc(-c5ccccc5)cc4)c4ccc5c(c4)C(C)(C)c4ccccc4-5)c4ccccc34)cc21. The number of benzene rings is 12. The molecule has 0 N–H and O–H groups in total. The van der Waals surface area contributed by atoms with Crippen LogP contribution in [0.3, 0.4) is 0 Å². The van der Waals surface area contributed by atoms with Crippen LogP contribution in [0.5, 0.6) is 0 Å². The zero-order valence-electron chi connectivity index (χ0n) is 42.0. The number of hydrogen-bond donors (Lipinski definition) is 0. The summed E-state index contributed by atoms with van der Waals surface area (Å²) in [5.41, 5.74) is 26.9. The van der Waals surface area contributed by atoms with Crippen LogP contribution in [0.4, 0.5) is 17.1 Å². The second-order valence-electron chi connectivity index (χ2n) is 21.1. The van der Waals surface area contributed by atoms with E-state index in [-0.39, 0.29) is 5.41 Å². The summed E-state index contributed by atoms with van der Waals surface area (Å²) in [5.74, 6) is 0. The van der Waals surface area contributed by atoms with Gasteiger partial charge in [0.1, 0.15) is 0 Å². The number of anilines is 3. The molecular weight excluding hydrogens is 903 g/mol. The highest BCUT2D eigenvalue weighted by atomic mass is 15.1. The van der Waals surface area contributed by atoms with Crippen molar-refractivity contribution in [3.63, 3.8) is 0 Å². The average molecular weight is 954 g/mol. The Kier molecular flexibility index (Phi) is 9.44. The molecule has 0 fully saturated rings. The minimum Gasteiger partial charge on any atom is -0.309 e. The van der Waals surface area contributed by atoms with Gasteiger partial charge in [-0.3, -0.25) is 0 Å². The highest BCUT2D eigenvalue weighted by Gasteiger charge is 2.52. The van der Waals surface area contributed by atoms with Gasteiger partial charge in [0.05, 0.1) is 11.1 Å². The molecule has 12 aromatic carbocycles. The summed E-state index contributed by atoms with van der Waals surface area (Å²) in [5, 5.41) is 4.82. The van der Waals surface area contributed by atoms with Crippen LogP contribution in [0.1, 0.15) is 52.8 Å². The minimum atomic E-state index is -0.539. The quantitative estimate of drug-likeness (QED) is 0.144. The van der Waals surface area contributed by atoms with E-state index in [1.807, 2.05) is 6.08 Å². The Labute approximate surface area is 439 Å². The highest BCUT2D eigenvalue weighted by Crippen LogP contribution is 2.64. The van der Waals surface area contributed by atoms with E-state index in [2.05, 4.69) is 280 Å². The molecule has 15 rings (SSSR count). The Bertz CT molecular complexity index is 4270. The van der Waals surface area contributed by atoms with Gasteiger partial charge in [0, 0.05) is 27.6 Å². The Morgan fingerprint density at radius 1 is 0.320 bits per heavy atom. The van der Waals surface area contributed by atoms with Crippen molar-refractivity contribution in [1.82, 2.24) is 0 Å². The van der Waals surface area contributed by atoms with Gasteiger partial charge in [-0.2, -0.15) is 0 Å². The maximum absolute atomic E-state index is 4.22. The Morgan fingerprint density at radius 2 is 0.747 bits per heavy atom. The molecule has 352 valence electrons. The third kappa shape index (κ3) is 6.13. The third-order valence-corrected chi connectivity index (χ3v) is 17.1. The summed E-state index contributed by atoms with van der Waals surface area (Å²) in [6.45, 7) is 8.97. The number of rotatable bonds is 7. The molecule has 0 bridgehead atoms. The fourth-order valence-electron chi connectivity index (χ4n) is 13.7. The maximum Gasteiger partial charge on any atom is 0.0725 e. The van der Waals surface area contributed by atoms with Crippen molar-refractivity contribution in [3.8, 4) is 66.8 Å². The fraction of sp³-hybridized carbons (Fsp3) is 0.0541. The maximum atomic E-state index is 4.22. The smallest absolute Gasteiger partial charge is 0.0725 e. The lowest BCUT2D eigenvalue weighted by molar-refractivity contribution is 0.660. The van der Waals surface area contributed by atoms with Crippen molar-refractivity contribution in [2.75, 3.05) is 4.90 Å². The zero-order chi connectivity index (χ0) is 50.0. The van der Waals surface area contributed by atoms with E-state index in [4.69, 9.17) is 0 Å². The van der Waals surface area contributed by atoms with Crippen LogP contribution in [0.15, 0.2) is 261 Å². The first-order valence-corrected chi connectivity index (χ1v) is 26.3. The third-order valence-electron chi connectivity index (χ3n) is 17.1. The second-order valence-corrected chi connectivity index (χ2v) is 21.1. The van der Waals surface area contributed by atoms with Gasteiger partial charge < -0.3 is 4.90 Å². The van der Waals surface area contributed by atoms with E-state index in [9.17, 15) is 0 Å². The molecule has 0 aliphatic heterocycles. The second kappa shape index (κ2) is 16.4. The summed E-state index contributed by atoms with van der Waals surface area (Å²) < 4.78 is 0. The van der Waals surface area contributed by atoms with Gasteiger partial charge in [-0.1, -0.05) is 245 Å². The first-order valence-electron chi connectivity index (χ1n) is 26.3. The minimum absolute atomic E-state index is 0.165. The topological polar surface area (TPSA) is 3.24 Å². The molecule has 75 heavy (non-hydrogen) atoms. The van der Waals surface area contributed by atoms with Crippen LogP contribution in [-0.2, 0) is 10.8 Å². The molecule has 3 aliphatic carbocycles. The summed E-state index contributed by atoms with van der Waals surface area (Å²) in [6, 6.07) is 95.7. The molecule has 0 saturated heterocycles. The molecule has 0 aromatic heterocycles. The van der Waals surface area contributed by atoms with E-state index in [1.165, 1.54) is 127 Å². The van der Waals surface area contributed by atoms with Crippen molar-refractivity contribution in [3.05, 3.63) is 300 Å². The summed E-state index contributed by atoms with van der Waals surface area (Å²) in [7, 11) is 0. The molecule has 12 aromatic rings. The van der Waals surface area contributed by atoms with E-state index < -0.39 is 5.41 Å². The summed E-state index contributed by atoms with van der Waals surface area (Å²) in [6.07, 6.45) is 1.98. The number of fused-ring (bicyclic) bond motifs is 15. The Balaban J connectivity index is 0.979. The van der Waals surface area contributed by atoms with Gasteiger partial charge in [0.25, 0.3) is 0 Å². The zero-order valence-corrected chi connectivity index (χ0v) is 42.0. The largest absolute Gasteiger partial charge is 0.309 e. The molecule has 1 heteroatoms. The van der Waals surface area contributed by atoms with Crippen LogP contribution in [0, 0.1) is 0 Å². The van der Waals surface area contributed by atoms with Crippen molar-refractivity contribution in [1.29, 1.82) is 0 Å². The van der Waals surface area contributed by atoms with Crippen LogP contribution in [-0.4, -0.2) is 0 Å². The summed E-state index contributed by atoms with van der Waals surface area (Å²) >= 11 is 0. The van der Waals surface area contributed by atoms with Gasteiger partial charge in [-0.25, -0.2) is 0 Å². The van der Waals surface area contributed by atoms with Crippen molar-refractivity contribution < 1.29 is 0 Å². The lowest BCUT2D eigenvalue weighted by Crippen LogP contribution is -2.26. The van der Waals surface area contributed by atoms with Crippen LogP contribution in [0.2, 0.25) is 0 Å². The molecule has 0 radical (unpaired) electrons. The number of nitrogens with zero attached hydrogens (tertiary/aromatic N) is 1. The lowest BCUT2D eigenvalue weighted by atomic mass is 9.69. The first kappa shape index (κ1) is 43.3.